The van der Waals surface area contributed by atoms with Gasteiger partial charge in [0, 0.05) is 30.4 Å². The molecule has 1 aromatic carbocycles. The van der Waals surface area contributed by atoms with Gasteiger partial charge in [-0.1, -0.05) is 0 Å². The lowest BCUT2D eigenvalue weighted by Gasteiger charge is -2.31. The first-order chi connectivity index (χ1) is 12.1. The first-order valence-electron chi connectivity index (χ1n) is 8.42. The smallest absolute Gasteiger partial charge is 0.227 e. The van der Waals surface area contributed by atoms with Crippen LogP contribution < -0.4 is 10.1 Å². The Morgan fingerprint density at radius 1 is 1.28 bits per heavy atom. The summed E-state index contributed by atoms with van der Waals surface area (Å²) in [4.78, 5) is 18.8. The van der Waals surface area contributed by atoms with E-state index in [1.165, 1.54) is 12.1 Å². The molecule has 1 aliphatic rings. The molecule has 0 unspecified atom stereocenters. The summed E-state index contributed by atoms with van der Waals surface area (Å²) in [5, 5.41) is 2.87. The topological polar surface area (TPSA) is 54.5 Å². The van der Waals surface area contributed by atoms with Gasteiger partial charge in [0.1, 0.15) is 5.82 Å². The molecule has 6 heteroatoms. The largest absolute Gasteiger partial charge is 0.481 e. The van der Waals surface area contributed by atoms with E-state index < -0.39 is 0 Å². The second-order valence-electron chi connectivity index (χ2n) is 6.25. The van der Waals surface area contributed by atoms with Gasteiger partial charge in [0.15, 0.2) is 0 Å². The average Bonchev–Trinajstić information content (AvgIpc) is 2.64. The molecule has 0 atom stereocenters. The van der Waals surface area contributed by atoms with E-state index in [9.17, 15) is 9.18 Å². The van der Waals surface area contributed by atoms with Crippen molar-refractivity contribution in [3.63, 3.8) is 0 Å². The number of aromatic nitrogens is 1. The van der Waals surface area contributed by atoms with Crippen LogP contribution in [0.1, 0.15) is 18.4 Å². The van der Waals surface area contributed by atoms with E-state index >= 15 is 0 Å². The number of rotatable bonds is 5. The molecule has 132 valence electrons. The Morgan fingerprint density at radius 3 is 2.68 bits per heavy atom. The Labute approximate surface area is 146 Å². The number of nitrogens with one attached hydrogen (secondary N) is 1. The lowest BCUT2D eigenvalue weighted by Crippen LogP contribution is -2.37. The Kier molecular flexibility index (Phi) is 5.60. The van der Waals surface area contributed by atoms with E-state index in [-0.39, 0.29) is 17.6 Å². The number of carbonyl (C=O) groups excluding carboxylic acids is 1. The summed E-state index contributed by atoms with van der Waals surface area (Å²) in [6.07, 6.45) is 3.38. The molecule has 2 heterocycles. The summed E-state index contributed by atoms with van der Waals surface area (Å²) in [5.41, 5.74) is 1.79. The summed E-state index contributed by atoms with van der Waals surface area (Å²) in [6.45, 7) is 2.56. The van der Waals surface area contributed by atoms with Crippen molar-refractivity contribution >= 4 is 11.6 Å². The highest BCUT2D eigenvalue weighted by atomic mass is 19.1. The number of amides is 1. The summed E-state index contributed by atoms with van der Waals surface area (Å²) in [7, 11) is 1.61. The Bertz CT molecular complexity index is 713. The Hall–Kier alpha value is -2.47. The second kappa shape index (κ2) is 8.07. The minimum Gasteiger partial charge on any atom is -0.481 e. The van der Waals surface area contributed by atoms with Crippen molar-refractivity contribution in [2.75, 3.05) is 25.5 Å². The molecule has 1 saturated heterocycles. The van der Waals surface area contributed by atoms with Crippen molar-refractivity contribution in [2.45, 2.75) is 19.4 Å². The first kappa shape index (κ1) is 17.4. The maximum atomic E-state index is 12.9. The monoisotopic (exact) mass is 343 g/mol. The molecule has 1 aromatic heterocycles. The predicted octanol–water partition coefficient (Wildman–Crippen LogP) is 3.08. The molecular formula is C19H22FN3O2. The van der Waals surface area contributed by atoms with Crippen LogP contribution in [-0.4, -0.2) is 36.0 Å². The van der Waals surface area contributed by atoms with Crippen LogP contribution in [0.3, 0.4) is 0 Å². The average molecular weight is 343 g/mol. The van der Waals surface area contributed by atoms with Crippen LogP contribution in [0, 0.1) is 11.7 Å². The van der Waals surface area contributed by atoms with Crippen molar-refractivity contribution in [1.29, 1.82) is 0 Å². The van der Waals surface area contributed by atoms with Crippen LogP contribution in [0.25, 0.3) is 0 Å². The van der Waals surface area contributed by atoms with Gasteiger partial charge in [-0.05, 0) is 61.8 Å². The van der Waals surface area contributed by atoms with Gasteiger partial charge in [0.25, 0.3) is 0 Å². The number of methoxy groups -OCH3 is 1. The minimum atomic E-state index is -0.306. The summed E-state index contributed by atoms with van der Waals surface area (Å²) in [5.74, 6) is 0.315. The summed E-state index contributed by atoms with van der Waals surface area (Å²) < 4.78 is 18.1. The third kappa shape index (κ3) is 4.76. The molecule has 0 bridgehead atoms. The lowest BCUT2D eigenvalue weighted by atomic mass is 9.95. The van der Waals surface area contributed by atoms with Crippen LogP contribution in [0.5, 0.6) is 5.88 Å². The number of likely N-dealkylation sites (tertiary alicyclic amines) is 1. The van der Waals surface area contributed by atoms with Gasteiger partial charge in [-0.2, -0.15) is 0 Å². The molecule has 1 fully saturated rings. The zero-order valence-corrected chi connectivity index (χ0v) is 14.2. The lowest BCUT2D eigenvalue weighted by molar-refractivity contribution is -0.121. The highest BCUT2D eigenvalue weighted by molar-refractivity contribution is 5.92. The SMILES string of the molecule is COc1cc(CN2CCC(C(=O)Nc3ccc(F)cc3)CC2)ccn1. The van der Waals surface area contributed by atoms with Gasteiger partial charge < -0.3 is 10.1 Å². The molecule has 5 nitrogen and oxygen atoms in total. The van der Waals surface area contributed by atoms with Crippen LogP contribution >= 0.6 is 0 Å². The van der Waals surface area contributed by atoms with Gasteiger partial charge in [-0.15, -0.1) is 0 Å². The molecular weight excluding hydrogens is 321 g/mol. The van der Waals surface area contributed by atoms with Crippen LogP contribution in [0.15, 0.2) is 42.6 Å². The fourth-order valence-corrected chi connectivity index (χ4v) is 3.05. The van der Waals surface area contributed by atoms with Crippen LogP contribution in [0.4, 0.5) is 10.1 Å². The van der Waals surface area contributed by atoms with E-state index in [0.717, 1.165) is 38.0 Å². The molecule has 3 rings (SSSR count). The third-order valence-corrected chi connectivity index (χ3v) is 4.48. The van der Waals surface area contributed by atoms with Crippen LogP contribution in [0.2, 0.25) is 0 Å². The van der Waals surface area contributed by atoms with E-state index in [1.807, 2.05) is 12.1 Å². The molecule has 1 aliphatic heterocycles. The zero-order chi connectivity index (χ0) is 17.6. The maximum Gasteiger partial charge on any atom is 0.227 e. The van der Waals surface area contributed by atoms with Crippen molar-refractivity contribution < 1.29 is 13.9 Å². The van der Waals surface area contributed by atoms with Gasteiger partial charge in [0.05, 0.1) is 7.11 Å². The molecule has 1 amide bonds. The zero-order valence-electron chi connectivity index (χ0n) is 14.2. The number of benzene rings is 1. The third-order valence-electron chi connectivity index (χ3n) is 4.48. The quantitative estimate of drug-likeness (QED) is 0.906. The highest BCUT2D eigenvalue weighted by Crippen LogP contribution is 2.21. The molecule has 0 saturated carbocycles. The van der Waals surface area contributed by atoms with Crippen molar-refractivity contribution in [3.8, 4) is 5.88 Å². The number of halogens is 1. The minimum absolute atomic E-state index is 0.00622. The van der Waals surface area contributed by atoms with Crippen molar-refractivity contribution in [2.24, 2.45) is 5.92 Å². The second-order valence-corrected chi connectivity index (χ2v) is 6.25. The molecule has 25 heavy (non-hydrogen) atoms. The molecule has 2 aromatic rings. The molecule has 0 spiro atoms. The maximum absolute atomic E-state index is 12.9. The van der Waals surface area contributed by atoms with Gasteiger partial charge in [-0.3, -0.25) is 9.69 Å². The predicted molar refractivity (Wildman–Crippen MR) is 93.8 cm³/mol. The van der Waals surface area contributed by atoms with E-state index in [1.54, 1.807) is 25.4 Å². The van der Waals surface area contributed by atoms with Gasteiger partial charge in [0.2, 0.25) is 11.8 Å². The van der Waals surface area contributed by atoms with Crippen molar-refractivity contribution in [1.82, 2.24) is 9.88 Å². The fraction of sp³-hybridized carbons (Fsp3) is 0.368. The number of carbonyl (C=O) groups is 1. The summed E-state index contributed by atoms with van der Waals surface area (Å²) in [6, 6.07) is 9.78. The Morgan fingerprint density at radius 2 is 2.00 bits per heavy atom. The number of hydrogen-bond acceptors (Lipinski definition) is 4. The Balaban J connectivity index is 1.49. The number of pyridine rings is 1. The van der Waals surface area contributed by atoms with Crippen LogP contribution in [-0.2, 0) is 11.3 Å². The molecule has 0 radical (unpaired) electrons. The van der Waals surface area contributed by atoms with Gasteiger partial charge >= 0.3 is 0 Å². The molecule has 0 aliphatic carbocycles. The van der Waals surface area contributed by atoms with Crippen molar-refractivity contribution in [3.05, 3.63) is 54.0 Å². The summed E-state index contributed by atoms with van der Waals surface area (Å²) >= 11 is 0. The van der Waals surface area contributed by atoms with E-state index in [0.29, 0.717) is 11.6 Å². The number of piperidine rings is 1. The normalized spacial score (nSPS) is 15.8. The van der Waals surface area contributed by atoms with E-state index in [2.05, 4.69) is 15.2 Å². The molecule has 1 N–H and O–H groups in total. The fourth-order valence-electron chi connectivity index (χ4n) is 3.05. The number of hydrogen-bond donors (Lipinski definition) is 1. The standard InChI is InChI=1S/C19H22FN3O2/c1-25-18-12-14(6-9-21-18)13-23-10-7-15(8-11-23)19(24)22-17-4-2-16(20)3-5-17/h2-6,9,12,15H,7-8,10-11,13H2,1H3,(H,22,24). The highest BCUT2D eigenvalue weighted by Gasteiger charge is 2.25. The first-order valence-corrected chi connectivity index (χ1v) is 8.42. The van der Waals surface area contributed by atoms with Gasteiger partial charge in [-0.25, -0.2) is 9.37 Å². The number of nitrogens with zero attached hydrogens (tertiary/aromatic N) is 2. The number of ether oxygens (including phenoxy) is 1. The van der Waals surface area contributed by atoms with E-state index in [4.69, 9.17) is 4.74 Å². The number of anilines is 1.